The molecule has 15 heterocycles. The number of aliphatic hydroxyl groups excluding tert-OH is 1. The number of rotatable bonds is 14. The zero-order valence-corrected chi connectivity index (χ0v) is 65.1. The number of anilines is 3. The quantitative estimate of drug-likeness (QED) is 0.0473. The molecule has 8 N–H and O–H groups in total. The maximum absolute atomic E-state index is 14.7. The number of hydrogen-bond acceptors (Lipinski definition) is 23. The van der Waals surface area contributed by atoms with Gasteiger partial charge >= 0.3 is 5.97 Å². The molecule has 0 bridgehead atoms. The molecular weight excluding hydrogens is 1580 g/mol. The van der Waals surface area contributed by atoms with Crippen molar-refractivity contribution < 1.29 is 62.0 Å². The zero-order chi connectivity index (χ0) is 85.6. The number of nitriles is 4. The van der Waals surface area contributed by atoms with Crippen LogP contribution in [0.1, 0.15) is 132 Å². The summed E-state index contributed by atoms with van der Waals surface area (Å²) in [7, 11) is 0. The first kappa shape index (κ1) is 80.4. The van der Waals surface area contributed by atoms with E-state index in [1.54, 1.807) is 84.4 Å². The Hall–Kier alpha value is -15.4. The van der Waals surface area contributed by atoms with Crippen LogP contribution < -0.4 is 36.0 Å². The van der Waals surface area contributed by atoms with Gasteiger partial charge in [-0.3, -0.25) is 24.0 Å². The monoisotopic (exact) mass is 1650 g/mol. The number of fused-ring (bicyclic) bond motifs is 4. The largest absolute Gasteiger partial charge is 0.481 e. The van der Waals surface area contributed by atoms with Crippen molar-refractivity contribution in [3.8, 4) is 92.1 Å². The molecule has 32 nitrogen and oxygen atoms in total. The number of aliphatic hydroxyl groups is 3. The molecule has 4 amide bonds. The average molecular weight is 1650 g/mol. The van der Waals surface area contributed by atoms with Gasteiger partial charge in [0.25, 0.3) is 23.6 Å². The van der Waals surface area contributed by atoms with Crippen LogP contribution in [0.3, 0.4) is 0 Å². The fourth-order valence-electron chi connectivity index (χ4n) is 15.9. The summed E-state index contributed by atoms with van der Waals surface area (Å²) in [4.78, 5) is 84.9. The van der Waals surface area contributed by atoms with Gasteiger partial charge in [-0.2, -0.15) is 41.4 Å². The third kappa shape index (κ3) is 15.7. The number of benzene rings is 4. The van der Waals surface area contributed by atoms with E-state index in [4.69, 9.17) is 5.11 Å². The van der Waals surface area contributed by atoms with Gasteiger partial charge in [0.05, 0.1) is 208 Å². The molecule has 0 saturated carbocycles. The maximum atomic E-state index is 14.7. The first-order valence-electron chi connectivity index (χ1n) is 38.6. The van der Waals surface area contributed by atoms with Crippen LogP contribution >= 0.6 is 0 Å². The van der Waals surface area contributed by atoms with E-state index in [0.29, 0.717) is 156 Å². The number of carboxylic acid groups (broad SMARTS) is 1. The summed E-state index contributed by atoms with van der Waals surface area (Å²) in [6, 6.07) is 38.4. The zero-order valence-electron chi connectivity index (χ0n) is 65.1. The molecule has 0 spiro atoms. The Morgan fingerprint density at radius 3 is 1.06 bits per heavy atom. The average Bonchev–Trinajstić information content (AvgIpc) is 1.69. The van der Waals surface area contributed by atoms with E-state index < -0.39 is 46.4 Å². The standard InChI is InChI=1S/C23H19FN6O3.2C22H19FN6O2.C19H14FN5O2/c24-15-5-1-3-13(10-25)20(15)16-9-18(21-17(27-16)11-26-22(21)31)30-8-6-19(28-30)29-7-2-4-14(12-29)23(32)33;2*1-22(31)6-8-28(12-22)18-5-7-29(27-18)17-9-15(26-16-11-25-21(30)20(16)17)19-13(10-24)3-2-4-14(19)23;20-13-3-1-2-11(9-21)17(13)14-8-16(18-15(23-14)10-22-19(18)27)25-6-4-12(24-25)5-7-26/h1,3,5-6,8-9,14H,2,4,7,11-12H2,(H,26,31)(H,32,33);2*2-5,7,9,31H,6,8,11-12H2,1H3,(H,25,30);1-4,6,8,26H,5,7,10H2,(H,22,27)/t;2*22-;/m.10./s1. The van der Waals surface area contributed by atoms with Gasteiger partial charge in [-0.1, -0.05) is 24.3 Å². The van der Waals surface area contributed by atoms with Crippen LogP contribution in [0.2, 0.25) is 0 Å². The van der Waals surface area contributed by atoms with Gasteiger partial charge in [0, 0.05) is 95.3 Å². The Labute approximate surface area is 691 Å². The molecule has 0 radical (unpaired) electrons. The van der Waals surface area contributed by atoms with Gasteiger partial charge in [0.2, 0.25) is 0 Å². The Morgan fingerprint density at radius 1 is 0.451 bits per heavy atom. The molecule has 1 unspecified atom stereocenters. The smallest absolute Gasteiger partial charge is 0.308 e. The minimum Gasteiger partial charge on any atom is -0.481 e. The van der Waals surface area contributed by atoms with Crippen molar-refractivity contribution in [2.75, 3.05) is 60.6 Å². The van der Waals surface area contributed by atoms with Crippen molar-refractivity contribution in [2.45, 2.75) is 83.3 Å². The number of carboxylic acids is 1. The Kier molecular flexibility index (Phi) is 21.7. The van der Waals surface area contributed by atoms with Gasteiger partial charge < -0.3 is 56.4 Å². The van der Waals surface area contributed by atoms with Crippen LogP contribution in [-0.2, 0) is 37.4 Å². The van der Waals surface area contributed by atoms with Crippen LogP contribution in [-0.4, -0.2) is 166 Å². The summed E-state index contributed by atoms with van der Waals surface area (Å²) < 4.78 is 64.6. The molecule has 3 fully saturated rings. The van der Waals surface area contributed by atoms with Crippen molar-refractivity contribution in [3.05, 3.63) is 242 Å². The van der Waals surface area contributed by atoms with Crippen LogP contribution in [0.25, 0.3) is 67.8 Å². The Bertz CT molecular complexity index is 6290. The number of aliphatic carboxylic acids is 1. The number of nitrogens with zero attached hydrogens (tertiary/aromatic N) is 19. The predicted molar refractivity (Wildman–Crippen MR) is 429 cm³/mol. The van der Waals surface area contributed by atoms with Crippen molar-refractivity contribution in [1.82, 2.24) is 80.3 Å². The fraction of sp³-hybridized carbons (Fsp3) is 0.244. The lowest BCUT2D eigenvalue weighted by Gasteiger charge is -2.30. The molecule has 7 aliphatic heterocycles. The summed E-state index contributed by atoms with van der Waals surface area (Å²) in [5.41, 5.74) is 6.21. The van der Waals surface area contributed by atoms with Gasteiger partial charge in [0.1, 0.15) is 23.3 Å². The van der Waals surface area contributed by atoms with E-state index in [1.165, 1.54) is 82.2 Å². The van der Waals surface area contributed by atoms with Gasteiger partial charge in [-0.05, 0) is 118 Å². The predicted octanol–water partition coefficient (Wildman–Crippen LogP) is 8.51. The van der Waals surface area contributed by atoms with Gasteiger partial charge in [0.15, 0.2) is 17.5 Å². The second kappa shape index (κ2) is 32.8. The van der Waals surface area contributed by atoms with Crippen LogP contribution in [0.15, 0.2) is 146 Å². The highest BCUT2D eigenvalue weighted by molar-refractivity contribution is 6.04. The van der Waals surface area contributed by atoms with Gasteiger partial charge in [-0.25, -0.2) is 56.2 Å². The molecule has 3 saturated heterocycles. The Morgan fingerprint density at radius 2 is 0.762 bits per heavy atom. The lowest BCUT2D eigenvalue weighted by atomic mass is 9.98. The SMILES string of the molecule is C[C@@]1(O)CCN(c2ccn(-c3cc(-c4c(F)cccc4C#N)nc4c3C(=O)NC4)n2)C1.C[C@]1(O)CCN(c2ccn(-c3cc(-c4c(F)cccc4C#N)nc4c3C(=O)NC4)n2)C1.N#Cc1cccc(F)c1-c1cc(-n2ccc(CCO)n2)c2c(n1)CNC2=O.N#Cc1cccc(F)c1-c1cc(-n2ccc(N3CCCC(C(=O)O)C3)n2)c2c(n1)CNC2=O. The molecule has 122 heavy (non-hydrogen) atoms. The van der Waals surface area contributed by atoms with Crippen LogP contribution in [0.4, 0.5) is 35.0 Å². The van der Waals surface area contributed by atoms with Crippen LogP contribution in [0.5, 0.6) is 0 Å². The van der Waals surface area contributed by atoms with Gasteiger partial charge in [-0.15, -0.1) is 0 Å². The molecule has 8 aromatic heterocycles. The summed E-state index contributed by atoms with van der Waals surface area (Å²) in [5, 5.41) is 106. The van der Waals surface area contributed by atoms with Crippen LogP contribution in [0, 0.1) is 74.5 Å². The molecule has 12 aromatic rings. The number of piperidine rings is 1. The molecular formula is C86H71F4N23O9. The summed E-state index contributed by atoms with van der Waals surface area (Å²) in [5.74, 6) is -2.77. The van der Waals surface area contributed by atoms with E-state index in [9.17, 15) is 77.9 Å². The first-order chi connectivity index (χ1) is 58.8. The van der Waals surface area contributed by atoms with E-state index in [0.717, 1.165) is 6.42 Å². The summed E-state index contributed by atoms with van der Waals surface area (Å²) >= 11 is 0. The third-order valence-corrected chi connectivity index (χ3v) is 21.8. The number of carbonyl (C=O) groups is 5. The molecule has 19 rings (SSSR count). The molecule has 612 valence electrons. The maximum Gasteiger partial charge on any atom is 0.308 e. The number of amides is 4. The van der Waals surface area contributed by atoms with E-state index in [2.05, 4.69) is 61.6 Å². The summed E-state index contributed by atoms with van der Waals surface area (Å²) in [6.45, 7) is 7.68. The number of hydrogen-bond donors (Lipinski definition) is 8. The van der Waals surface area contributed by atoms with Crippen molar-refractivity contribution in [3.63, 3.8) is 0 Å². The number of pyridine rings is 4. The second-order valence-corrected chi connectivity index (χ2v) is 30.3. The third-order valence-electron chi connectivity index (χ3n) is 21.8. The number of carbonyl (C=O) groups excluding carboxylic acids is 4. The van der Waals surface area contributed by atoms with E-state index in [-0.39, 0.29) is 124 Å². The van der Waals surface area contributed by atoms with Crippen molar-refractivity contribution >= 4 is 47.1 Å². The highest BCUT2D eigenvalue weighted by atomic mass is 19.1. The minimum atomic E-state index is -0.828. The lowest BCUT2D eigenvalue weighted by Crippen LogP contribution is -2.39. The number of halogens is 4. The minimum absolute atomic E-state index is 0.0437. The Balaban J connectivity index is 0.000000121. The second-order valence-electron chi connectivity index (χ2n) is 30.3. The topological polar surface area (TPSA) is 442 Å². The number of aromatic nitrogens is 12. The number of nitrogens with one attached hydrogen (secondary N) is 4. The lowest BCUT2D eigenvalue weighted by molar-refractivity contribution is -0.142. The highest BCUT2D eigenvalue weighted by Crippen LogP contribution is 2.39. The van der Waals surface area contributed by atoms with E-state index >= 15 is 0 Å². The number of β-amino-alcohol motifs (C(OH)–C–C–N with tert-alkyl or cyclic N) is 2. The molecule has 0 aliphatic carbocycles. The molecule has 7 aliphatic rings. The molecule has 36 heteroatoms. The summed E-state index contributed by atoms with van der Waals surface area (Å²) in [6.07, 6.45) is 9.82. The molecule has 4 aromatic carbocycles. The van der Waals surface area contributed by atoms with Crippen molar-refractivity contribution in [2.24, 2.45) is 5.92 Å². The van der Waals surface area contributed by atoms with E-state index in [1.807, 2.05) is 51.1 Å². The molecule has 3 atom stereocenters. The highest BCUT2D eigenvalue weighted by Gasteiger charge is 2.38. The normalized spacial score (nSPS) is 17.6. The first-order valence-corrected chi connectivity index (χ1v) is 38.6. The van der Waals surface area contributed by atoms with Crippen molar-refractivity contribution in [1.29, 1.82) is 21.0 Å². The fourth-order valence-corrected chi connectivity index (χ4v) is 15.9.